The van der Waals surface area contributed by atoms with Crippen LogP contribution in [0.4, 0.5) is 0 Å². The van der Waals surface area contributed by atoms with Crippen molar-refractivity contribution in [3.63, 3.8) is 0 Å². The minimum Gasteiger partial charge on any atom is -0.392 e. The molecule has 10 heavy (non-hydrogen) atoms. The van der Waals surface area contributed by atoms with E-state index in [2.05, 4.69) is 0 Å². The maximum absolute atomic E-state index is 8.72. The fourth-order valence-corrected chi connectivity index (χ4v) is 0.787. The fourth-order valence-electron chi connectivity index (χ4n) is 0.787. The summed E-state index contributed by atoms with van der Waals surface area (Å²) in [4.78, 5) is 0. The Hall–Kier alpha value is -0.340. The predicted molar refractivity (Wildman–Crippen MR) is 47.4 cm³/mol. The van der Waals surface area contributed by atoms with Gasteiger partial charge in [-0.3, -0.25) is 0 Å². The molecule has 1 aromatic rings. The lowest BCUT2D eigenvalue weighted by Crippen LogP contribution is -1.85. The standard InChI is InChI=1S/C8H10O.BrH/c1-7-4-2-3-5-8(7)6-9;/h2-5,9H,6H2,1H3;1H. The van der Waals surface area contributed by atoms with E-state index in [1.54, 1.807) is 0 Å². The summed E-state index contributed by atoms with van der Waals surface area (Å²) < 4.78 is 0. The van der Waals surface area contributed by atoms with Crippen LogP contribution in [0.5, 0.6) is 0 Å². The molecule has 0 fully saturated rings. The number of hydrogen-bond acceptors (Lipinski definition) is 1. The molecule has 1 rings (SSSR count). The summed E-state index contributed by atoms with van der Waals surface area (Å²) in [5, 5.41) is 8.72. The number of hydrogen-bond donors (Lipinski definition) is 1. The SMILES string of the molecule is Br.Cc1ccccc1CO. The summed E-state index contributed by atoms with van der Waals surface area (Å²) in [7, 11) is 0. The molecule has 0 aliphatic rings. The molecule has 56 valence electrons. The highest BCUT2D eigenvalue weighted by molar-refractivity contribution is 8.93. The van der Waals surface area contributed by atoms with Crippen molar-refractivity contribution in [2.24, 2.45) is 0 Å². The summed E-state index contributed by atoms with van der Waals surface area (Å²) in [6.07, 6.45) is 0. The predicted octanol–water partition coefficient (Wildman–Crippen LogP) is 2.07. The van der Waals surface area contributed by atoms with Crippen LogP contribution in [0.3, 0.4) is 0 Å². The smallest absolute Gasteiger partial charge is 0.0684 e. The van der Waals surface area contributed by atoms with Gasteiger partial charge in [-0.1, -0.05) is 24.3 Å². The van der Waals surface area contributed by atoms with Gasteiger partial charge in [0.1, 0.15) is 0 Å². The zero-order valence-electron chi connectivity index (χ0n) is 5.87. The lowest BCUT2D eigenvalue weighted by atomic mass is 10.1. The molecule has 1 aromatic carbocycles. The second-order valence-electron chi connectivity index (χ2n) is 2.08. The van der Waals surface area contributed by atoms with Crippen LogP contribution in [0.2, 0.25) is 0 Å². The minimum atomic E-state index is 0. The lowest BCUT2D eigenvalue weighted by molar-refractivity contribution is 0.281. The van der Waals surface area contributed by atoms with Gasteiger partial charge in [0.2, 0.25) is 0 Å². The summed E-state index contributed by atoms with van der Waals surface area (Å²) in [6.45, 7) is 2.14. The highest BCUT2D eigenvalue weighted by Gasteiger charge is 1.90. The summed E-state index contributed by atoms with van der Waals surface area (Å²) in [5.41, 5.74) is 2.16. The molecule has 0 bridgehead atoms. The molecule has 0 heterocycles. The van der Waals surface area contributed by atoms with E-state index in [0.29, 0.717) is 0 Å². The topological polar surface area (TPSA) is 20.2 Å². The quantitative estimate of drug-likeness (QED) is 0.740. The van der Waals surface area contributed by atoms with Crippen LogP contribution >= 0.6 is 17.0 Å². The Morgan fingerprint density at radius 3 is 2.30 bits per heavy atom. The van der Waals surface area contributed by atoms with E-state index >= 15 is 0 Å². The van der Waals surface area contributed by atoms with Crippen molar-refractivity contribution in [3.05, 3.63) is 35.4 Å². The highest BCUT2D eigenvalue weighted by atomic mass is 79.9. The Labute approximate surface area is 71.5 Å². The second-order valence-corrected chi connectivity index (χ2v) is 2.08. The summed E-state index contributed by atoms with van der Waals surface area (Å²) in [6, 6.07) is 7.81. The molecule has 0 aliphatic carbocycles. The van der Waals surface area contributed by atoms with Crippen molar-refractivity contribution in [1.82, 2.24) is 0 Å². The van der Waals surface area contributed by atoms with E-state index in [9.17, 15) is 0 Å². The third-order valence-corrected chi connectivity index (χ3v) is 1.43. The van der Waals surface area contributed by atoms with Gasteiger partial charge in [-0.15, -0.1) is 17.0 Å². The van der Waals surface area contributed by atoms with Crippen molar-refractivity contribution in [3.8, 4) is 0 Å². The van der Waals surface area contributed by atoms with Gasteiger partial charge >= 0.3 is 0 Å². The summed E-state index contributed by atoms with van der Waals surface area (Å²) >= 11 is 0. The highest BCUT2D eigenvalue weighted by Crippen LogP contribution is 2.05. The summed E-state index contributed by atoms with van der Waals surface area (Å²) in [5.74, 6) is 0. The van der Waals surface area contributed by atoms with Crippen molar-refractivity contribution < 1.29 is 5.11 Å². The van der Waals surface area contributed by atoms with Gasteiger partial charge in [-0.2, -0.15) is 0 Å². The largest absolute Gasteiger partial charge is 0.392 e. The Balaban J connectivity index is 0.000000810. The van der Waals surface area contributed by atoms with Gasteiger partial charge in [-0.05, 0) is 18.1 Å². The molecule has 0 unspecified atom stereocenters. The Morgan fingerprint density at radius 1 is 1.30 bits per heavy atom. The van der Waals surface area contributed by atoms with Crippen LogP contribution in [0.1, 0.15) is 11.1 Å². The van der Waals surface area contributed by atoms with Crippen LogP contribution < -0.4 is 0 Å². The number of aliphatic hydroxyl groups excluding tert-OH is 1. The Bertz CT molecular complexity index is 198. The fraction of sp³-hybridized carbons (Fsp3) is 0.250. The number of aliphatic hydroxyl groups is 1. The number of aryl methyl sites for hydroxylation is 1. The molecule has 0 atom stereocenters. The number of rotatable bonds is 1. The number of benzene rings is 1. The molecular weight excluding hydrogens is 192 g/mol. The van der Waals surface area contributed by atoms with Gasteiger partial charge in [0.15, 0.2) is 0 Å². The van der Waals surface area contributed by atoms with Gasteiger partial charge in [0.25, 0.3) is 0 Å². The van der Waals surface area contributed by atoms with Crippen LogP contribution in [-0.2, 0) is 6.61 Å². The number of halogens is 1. The van der Waals surface area contributed by atoms with Crippen molar-refractivity contribution >= 4 is 17.0 Å². The third kappa shape index (κ3) is 2.12. The first-order chi connectivity index (χ1) is 4.34. The van der Waals surface area contributed by atoms with Gasteiger partial charge in [-0.25, -0.2) is 0 Å². The third-order valence-electron chi connectivity index (χ3n) is 1.43. The zero-order valence-corrected chi connectivity index (χ0v) is 7.59. The first-order valence-electron chi connectivity index (χ1n) is 3.00. The average Bonchev–Trinajstić information content (AvgIpc) is 1.89. The van der Waals surface area contributed by atoms with Gasteiger partial charge < -0.3 is 5.11 Å². The molecule has 0 radical (unpaired) electrons. The molecule has 2 heteroatoms. The van der Waals surface area contributed by atoms with Crippen LogP contribution in [0, 0.1) is 6.92 Å². The monoisotopic (exact) mass is 202 g/mol. The van der Waals surface area contributed by atoms with Crippen LogP contribution in [-0.4, -0.2) is 5.11 Å². The minimum absolute atomic E-state index is 0. The molecule has 1 N–H and O–H groups in total. The zero-order chi connectivity index (χ0) is 6.69. The molecule has 0 aromatic heterocycles. The van der Waals surface area contributed by atoms with Gasteiger partial charge in [0, 0.05) is 0 Å². The average molecular weight is 203 g/mol. The lowest BCUT2D eigenvalue weighted by Gasteiger charge is -1.97. The molecule has 1 nitrogen and oxygen atoms in total. The van der Waals surface area contributed by atoms with E-state index in [1.165, 1.54) is 0 Å². The molecule has 0 spiro atoms. The van der Waals surface area contributed by atoms with Crippen molar-refractivity contribution in [2.45, 2.75) is 13.5 Å². The van der Waals surface area contributed by atoms with E-state index < -0.39 is 0 Å². The van der Waals surface area contributed by atoms with Crippen molar-refractivity contribution in [2.75, 3.05) is 0 Å². The first-order valence-corrected chi connectivity index (χ1v) is 3.00. The van der Waals surface area contributed by atoms with E-state index in [0.717, 1.165) is 11.1 Å². The Morgan fingerprint density at radius 2 is 1.90 bits per heavy atom. The molecule has 0 amide bonds. The van der Waals surface area contributed by atoms with Crippen molar-refractivity contribution in [1.29, 1.82) is 0 Å². The molecular formula is C8H11BrO. The van der Waals surface area contributed by atoms with Crippen LogP contribution in [0.25, 0.3) is 0 Å². The second kappa shape index (κ2) is 4.47. The first kappa shape index (κ1) is 9.66. The van der Waals surface area contributed by atoms with E-state index in [4.69, 9.17) is 5.11 Å². The molecule has 0 saturated carbocycles. The Kier molecular flexibility index (Phi) is 4.32. The van der Waals surface area contributed by atoms with E-state index in [-0.39, 0.29) is 23.6 Å². The maximum Gasteiger partial charge on any atom is 0.0684 e. The maximum atomic E-state index is 8.72. The molecule has 0 aliphatic heterocycles. The van der Waals surface area contributed by atoms with E-state index in [1.807, 2.05) is 31.2 Å². The molecule has 0 saturated heterocycles. The van der Waals surface area contributed by atoms with Crippen LogP contribution in [0.15, 0.2) is 24.3 Å². The normalized spacial score (nSPS) is 8.60. The van der Waals surface area contributed by atoms with Gasteiger partial charge in [0.05, 0.1) is 6.61 Å².